The monoisotopic (exact) mass is 376 g/mol. The van der Waals surface area contributed by atoms with Gasteiger partial charge in [0.2, 0.25) is 5.91 Å². The summed E-state index contributed by atoms with van der Waals surface area (Å²) in [4.78, 5) is 18.9. The van der Waals surface area contributed by atoms with Gasteiger partial charge in [-0.1, -0.05) is 0 Å². The number of piperidine rings is 1. The van der Waals surface area contributed by atoms with Crippen LogP contribution in [0, 0.1) is 0 Å². The molecule has 2 N–H and O–H groups in total. The van der Waals surface area contributed by atoms with Crippen LogP contribution in [0.4, 0.5) is 5.82 Å². The van der Waals surface area contributed by atoms with E-state index in [4.69, 9.17) is 4.74 Å². The number of hydrogen-bond donors (Lipinski definition) is 2. The number of carbonyl (C=O) groups is 1. The normalized spacial score (nSPS) is 20.5. The van der Waals surface area contributed by atoms with E-state index in [0.717, 1.165) is 31.0 Å². The van der Waals surface area contributed by atoms with Crippen molar-refractivity contribution in [1.82, 2.24) is 15.6 Å². The Morgan fingerprint density at radius 3 is 2.83 bits per heavy atom. The molecule has 24 heavy (non-hydrogen) atoms. The van der Waals surface area contributed by atoms with Crippen LogP contribution in [-0.4, -0.2) is 49.8 Å². The van der Waals surface area contributed by atoms with Crippen LogP contribution in [0.25, 0.3) is 0 Å². The average molecular weight is 377 g/mol. The molecule has 3 heterocycles. The topological polar surface area (TPSA) is 66.5 Å². The van der Waals surface area contributed by atoms with Crippen molar-refractivity contribution in [2.24, 2.45) is 0 Å². The second kappa shape index (κ2) is 10.7. The Morgan fingerprint density at radius 2 is 2.12 bits per heavy atom. The van der Waals surface area contributed by atoms with Gasteiger partial charge in [0.25, 0.3) is 0 Å². The molecule has 3 rings (SSSR count). The van der Waals surface area contributed by atoms with Gasteiger partial charge in [-0.2, -0.15) is 0 Å². The van der Waals surface area contributed by atoms with Crippen LogP contribution in [0.2, 0.25) is 0 Å². The molecule has 0 saturated carbocycles. The summed E-state index contributed by atoms with van der Waals surface area (Å²) in [6.45, 7) is 4.53. The van der Waals surface area contributed by atoms with Gasteiger partial charge in [0, 0.05) is 32.4 Å². The molecular weight excluding hydrogens is 351 g/mol. The molecule has 2 aliphatic rings. The summed E-state index contributed by atoms with van der Waals surface area (Å²) in [5.41, 5.74) is 1.08. The van der Waals surface area contributed by atoms with Crippen molar-refractivity contribution >= 4 is 36.5 Å². The fourth-order valence-corrected chi connectivity index (χ4v) is 2.91. The molecule has 0 bridgehead atoms. The van der Waals surface area contributed by atoms with Crippen LogP contribution in [0.3, 0.4) is 0 Å². The molecule has 1 amide bonds. The zero-order valence-corrected chi connectivity index (χ0v) is 15.3. The van der Waals surface area contributed by atoms with Crippen molar-refractivity contribution in [3.05, 3.63) is 23.9 Å². The number of morpholine rings is 1. The molecular formula is C16H26Cl2N4O2. The fraction of sp³-hybridized carbons (Fsp3) is 0.625. The lowest BCUT2D eigenvalue weighted by atomic mass is 10.1. The number of aromatic nitrogens is 1. The molecule has 136 valence electrons. The standard InChI is InChI=1S/C16H24N4O2.2ClH/c21-16(14-12-22-9-6-17-14)19-11-13-4-5-18-15(10-13)20-7-2-1-3-8-20;;/h4-5,10,14,17H,1-3,6-9,11-12H2,(H,19,21);2*1H. The van der Waals surface area contributed by atoms with Gasteiger partial charge >= 0.3 is 0 Å². The lowest BCUT2D eigenvalue weighted by molar-refractivity contribution is -0.126. The molecule has 0 spiro atoms. The van der Waals surface area contributed by atoms with Gasteiger partial charge in [0.05, 0.1) is 13.2 Å². The van der Waals surface area contributed by atoms with Crippen LogP contribution in [0.5, 0.6) is 0 Å². The first-order valence-corrected chi connectivity index (χ1v) is 8.11. The van der Waals surface area contributed by atoms with Gasteiger partial charge < -0.3 is 20.3 Å². The van der Waals surface area contributed by atoms with Gasteiger partial charge in [-0.05, 0) is 37.0 Å². The molecule has 0 aromatic carbocycles. The third-order valence-corrected chi connectivity index (χ3v) is 4.19. The van der Waals surface area contributed by atoms with Gasteiger partial charge in [-0.25, -0.2) is 4.98 Å². The molecule has 0 aliphatic carbocycles. The smallest absolute Gasteiger partial charge is 0.239 e. The van der Waals surface area contributed by atoms with E-state index in [1.807, 2.05) is 12.3 Å². The van der Waals surface area contributed by atoms with Crippen LogP contribution >= 0.6 is 24.8 Å². The number of anilines is 1. The molecule has 1 unspecified atom stereocenters. The van der Waals surface area contributed by atoms with E-state index in [9.17, 15) is 4.79 Å². The lowest BCUT2D eigenvalue weighted by Gasteiger charge is -2.28. The summed E-state index contributed by atoms with van der Waals surface area (Å²) in [7, 11) is 0. The maximum atomic E-state index is 12.1. The number of rotatable bonds is 4. The molecule has 1 atom stereocenters. The van der Waals surface area contributed by atoms with E-state index in [2.05, 4.69) is 26.6 Å². The predicted molar refractivity (Wildman–Crippen MR) is 99.3 cm³/mol. The molecule has 0 radical (unpaired) electrons. The molecule has 1 aromatic heterocycles. The van der Waals surface area contributed by atoms with Crippen molar-refractivity contribution in [3.63, 3.8) is 0 Å². The summed E-state index contributed by atoms with van der Waals surface area (Å²) in [6, 6.07) is 3.80. The minimum atomic E-state index is -0.239. The summed E-state index contributed by atoms with van der Waals surface area (Å²) in [6.07, 6.45) is 5.60. The van der Waals surface area contributed by atoms with Gasteiger partial charge in [-0.15, -0.1) is 24.8 Å². The highest BCUT2D eigenvalue weighted by molar-refractivity contribution is 5.85. The first kappa shape index (κ1) is 21.0. The average Bonchev–Trinajstić information content (AvgIpc) is 2.61. The number of nitrogens with zero attached hydrogens (tertiary/aromatic N) is 2. The number of carbonyl (C=O) groups excluding carboxylic acids is 1. The highest BCUT2D eigenvalue weighted by atomic mass is 35.5. The summed E-state index contributed by atoms with van der Waals surface area (Å²) in [5.74, 6) is 1.02. The first-order valence-electron chi connectivity index (χ1n) is 8.11. The molecule has 8 heteroatoms. The quantitative estimate of drug-likeness (QED) is 0.833. The fourth-order valence-electron chi connectivity index (χ4n) is 2.91. The van der Waals surface area contributed by atoms with Crippen LogP contribution in [-0.2, 0) is 16.1 Å². The number of halogens is 2. The Labute approximate surface area is 155 Å². The van der Waals surface area contributed by atoms with E-state index < -0.39 is 0 Å². The summed E-state index contributed by atoms with van der Waals surface area (Å²) in [5, 5.41) is 6.13. The Hall–Kier alpha value is -1.08. The van der Waals surface area contributed by atoms with Gasteiger partial charge in [-0.3, -0.25) is 4.79 Å². The SMILES string of the molecule is Cl.Cl.O=C(NCc1ccnc(N2CCCCC2)c1)C1COCCN1. The zero-order chi connectivity index (χ0) is 15.2. The van der Waals surface area contributed by atoms with Gasteiger partial charge in [0.15, 0.2) is 0 Å². The predicted octanol–water partition coefficient (Wildman–Crippen LogP) is 1.52. The highest BCUT2D eigenvalue weighted by Gasteiger charge is 2.20. The van der Waals surface area contributed by atoms with Crippen molar-refractivity contribution in [2.75, 3.05) is 37.7 Å². The second-order valence-electron chi connectivity index (χ2n) is 5.87. The Bertz CT molecular complexity index is 507. The Kier molecular flexibility index (Phi) is 9.36. The Balaban J connectivity index is 0.00000144. The van der Waals surface area contributed by atoms with Crippen LogP contribution < -0.4 is 15.5 Å². The van der Waals surface area contributed by atoms with Crippen molar-refractivity contribution in [1.29, 1.82) is 0 Å². The zero-order valence-electron chi connectivity index (χ0n) is 13.7. The minimum Gasteiger partial charge on any atom is -0.378 e. The molecule has 2 fully saturated rings. The number of pyridine rings is 1. The second-order valence-corrected chi connectivity index (χ2v) is 5.87. The van der Waals surface area contributed by atoms with E-state index in [1.165, 1.54) is 19.3 Å². The highest BCUT2D eigenvalue weighted by Crippen LogP contribution is 2.18. The molecule has 2 saturated heterocycles. The maximum Gasteiger partial charge on any atom is 0.239 e. The van der Waals surface area contributed by atoms with Crippen molar-refractivity contribution in [3.8, 4) is 0 Å². The van der Waals surface area contributed by atoms with E-state index in [-0.39, 0.29) is 36.8 Å². The number of ether oxygens (including phenoxy) is 1. The Morgan fingerprint density at radius 1 is 1.33 bits per heavy atom. The molecule has 6 nitrogen and oxygen atoms in total. The van der Waals surface area contributed by atoms with Crippen molar-refractivity contribution in [2.45, 2.75) is 31.8 Å². The number of amides is 1. The van der Waals surface area contributed by atoms with E-state index in [1.54, 1.807) is 0 Å². The number of hydrogen-bond acceptors (Lipinski definition) is 5. The maximum absolute atomic E-state index is 12.1. The minimum absolute atomic E-state index is 0. The van der Waals surface area contributed by atoms with Crippen molar-refractivity contribution < 1.29 is 9.53 Å². The summed E-state index contributed by atoms with van der Waals surface area (Å²) < 4.78 is 5.31. The first-order chi connectivity index (χ1) is 10.8. The third-order valence-electron chi connectivity index (χ3n) is 4.19. The summed E-state index contributed by atoms with van der Waals surface area (Å²) >= 11 is 0. The number of nitrogens with one attached hydrogen (secondary N) is 2. The molecule has 2 aliphatic heterocycles. The largest absolute Gasteiger partial charge is 0.378 e. The van der Waals surface area contributed by atoms with E-state index in [0.29, 0.717) is 19.8 Å². The lowest BCUT2D eigenvalue weighted by Crippen LogP contribution is -2.51. The van der Waals surface area contributed by atoms with Crippen LogP contribution in [0.1, 0.15) is 24.8 Å². The van der Waals surface area contributed by atoms with Crippen LogP contribution in [0.15, 0.2) is 18.3 Å². The van der Waals surface area contributed by atoms with E-state index >= 15 is 0 Å². The van der Waals surface area contributed by atoms with Gasteiger partial charge in [0.1, 0.15) is 11.9 Å². The third kappa shape index (κ3) is 5.77. The molecule has 1 aromatic rings.